The predicted molar refractivity (Wildman–Crippen MR) is 73.8 cm³/mol. The molecule has 0 unspecified atom stereocenters. The third-order valence-corrected chi connectivity index (χ3v) is 4.15. The monoisotopic (exact) mass is 242 g/mol. The van der Waals surface area contributed by atoms with Crippen molar-refractivity contribution in [3.8, 4) is 6.07 Å². The Bertz CT molecular complexity index is 408. The minimum atomic E-state index is -0.168. The van der Waals surface area contributed by atoms with Gasteiger partial charge >= 0.3 is 0 Å². The first-order valence-electron chi connectivity index (χ1n) is 6.79. The van der Waals surface area contributed by atoms with Crippen LogP contribution < -0.4 is 0 Å². The average Bonchev–Trinajstić information content (AvgIpc) is 2.40. The van der Waals surface area contributed by atoms with Gasteiger partial charge in [0.25, 0.3) is 0 Å². The number of hydrogen-bond acceptors (Lipinski definition) is 2. The van der Waals surface area contributed by atoms with Crippen LogP contribution in [0.15, 0.2) is 30.3 Å². The minimum absolute atomic E-state index is 0.168. The van der Waals surface area contributed by atoms with Crippen LogP contribution in [0.4, 0.5) is 0 Å². The van der Waals surface area contributed by atoms with Gasteiger partial charge in [-0.05, 0) is 51.3 Å². The number of nitriles is 1. The summed E-state index contributed by atoms with van der Waals surface area (Å²) in [5.74, 6) is 0.550. The molecule has 2 nitrogen and oxygen atoms in total. The largest absolute Gasteiger partial charge is 0.299 e. The topological polar surface area (TPSA) is 27.0 Å². The summed E-state index contributed by atoms with van der Waals surface area (Å²) >= 11 is 0. The number of piperidine rings is 1. The van der Waals surface area contributed by atoms with Crippen LogP contribution in [-0.4, -0.2) is 18.0 Å². The molecule has 2 rings (SSSR count). The Morgan fingerprint density at radius 1 is 1.22 bits per heavy atom. The number of likely N-dealkylation sites (tertiary alicyclic amines) is 1. The maximum absolute atomic E-state index is 9.18. The van der Waals surface area contributed by atoms with Gasteiger partial charge in [-0.1, -0.05) is 30.3 Å². The van der Waals surface area contributed by atoms with E-state index in [1.54, 1.807) is 0 Å². The zero-order chi connectivity index (χ0) is 13.0. The van der Waals surface area contributed by atoms with Gasteiger partial charge in [-0.2, -0.15) is 5.26 Å². The van der Waals surface area contributed by atoms with E-state index in [-0.39, 0.29) is 5.41 Å². The first kappa shape index (κ1) is 13.1. The third kappa shape index (κ3) is 3.11. The Labute approximate surface area is 110 Å². The van der Waals surface area contributed by atoms with Gasteiger partial charge in [-0.15, -0.1) is 0 Å². The van der Waals surface area contributed by atoms with Crippen LogP contribution in [-0.2, 0) is 6.54 Å². The van der Waals surface area contributed by atoms with Crippen LogP contribution in [0.3, 0.4) is 0 Å². The number of hydrogen-bond donors (Lipinski definition) is 0. The second kappa shape index (κ2) is 5.54. The molecule has 0 spiro atoms. The highest BCUT2D eigenvalue weighted by Crippen LogP contribution is 2.34. The second-order valence-electron chi connectivity index (χ2n) is 5.87. The van der Waals surface area contributed by atoms with Gasteiger partial charge in [0.2, 0.25) is 0 Å². The maximum Gasteiger partial charge on any atom is 0.0686 e. The van der Waals surface area contributed by atoms with Crippen molar-refractivity contribution in [2.24, 2.45) is 11.3 Å². The molecule has 1 aliphatic rings. The number of benzene rings is 1. The van der Waals surface area contributed by atoms with E-state index < -0.39 is 0 Å². The molecule has 2 heteroatoms. The highest BCUT2D eigenvalue weighted by atomic mass is 15.1. The molecular weight excluding hydrogens is 220 g/mol. The van der Waals surface area contributed by atoms with Crippen LogP contribution in [0.25, 0.3) is 0 Å². The molecule has 0 N–H and O–H groups in total. The lowest BCUT2D eigenvalue weighted by molar-refractivity contribution is 0.126. The van der Waals surface area contributed by atoms with Crippen molar-refractivity contribution in [1.82, 2.24) is 4.90 Å². The van der Waals surface area contributed by atoms with E-state index in [0.29, 0.717) is 5.92 Å². The lowest BCUT2D eigenvalue weighted by Gasteiger charge is -2.37. The Hall–Kier alpha value is -1.33. The highest BCUT2D eigenvalue weighted by molar-refractivity contribution is 5.14. The van der Waals surface area contributed by atoms with Crippen molar-refractivity contribution >= 4 is 0 Å². The van der Waals surface area contributed by atoms with Gasteiger partial charge in [0, 0.05) is 6.54 Å². The van der Waals surface area contributed by atoms with Crippen LogP contribution in [0, 0.1) is 22.7 Å². The van der Waals surface area contributed by atoms with E-state index in [2.05, 4.69) is 55.1 Å². The molecule has 0 saturated carbocycles. The Morgan fingerprint density at radius 3 is 2.39 bits per heavy atom. The van der Waals surface area contributed by atoms with Gasteiger partial charge in [-0.3, -0.25) is 4.90 Å². The molecule has 1 heterocycles. The Kier molecular flexibility index (Phi) is 4.04. The maximum atomic E-state index is 9.18. The van der Waals surface area contributed by atoms with Crippen molar-refractivity contribution in [3.05, 3.63) is 35.9 Å². The molecule has 18 heavy (non-hydrogen) atoms. The molecular formula is C16H22N2. The molecule has 0 atom stereocenters. The van der Waals surface area contributed by atoms with Crippen LogP contribution in [0.1, 0.15) is 32.3 Å². The summed E-state index contributed by atoms with van der Waals surface area (Å²) < 4.78 is 0. The molecule has 0 aromatic heterocycles. The zero-order valence-electron chi connectivity index (χ0n) is 11.4. The van der Waals surface area contributed by atoms with E-state index in [4.69, 9.17) is 0 Å². The molecule has 0 bridgehead atoms. The lowest BCUT2D eigenvalue weighted by Crippen LogP contribution is -2.38. The molecule has 1 saturated heterocycles. The molecule has 0 radical (unpaired) electrons. The van der Waals surface area contributed by atoms with Crippen molar-refractivity contribution in [1.29, 1.82) is 5.26 Å². The van der Waals surface area contributed by atoms with Crippen molar-refractivity contribution in [2.75, 3.05) is 13.1 Å². The Morgan fingerprint density at radius 2 is 1.83 bits per heavy atom. The summed E-state index contributed by atoms with van der Waals surface area (Å²) in [6.45, 7) is 7.42. The van der Waals surface area contributed by atoms with E-state index in [1.165, 1.54) is 5.56 Å². The molecule has 96 valence electrons. The standard InChI is InChI=1S/C16H22N2/c1-16(2,13-17)15-8-10-18(11-9-15)12-14-6-4-3-5-7-14/h3-7,15H,8-12H2,1-2H3. The van der Waals surface area contributed by atoms with Crippen LogP contribution >= 0.6 is 0 Å². The van der Waals surface area contributed by atoms with Crippen molar-refractivity contribution in [2.45, 2.75) is 33.2 Å². The summed E-state index contributed by atoms with van der Waals surface area (Å²) in [5, 5.41) is 9.18. The third-order valence-electron chi connectivity index (χ3n) is 4.15. The van der Waals surface area contributed by atoms with Crippen LogP contribution in [0.2, 0.25) is 0 Å². The summed E-state index contributed by atoms with van der Waals surface area (Å²) in [5.41, 5.74) is 1.22. The quantitative estimate of drug-likeness (QED) is 0.811. The van der Waals surface area contributed by atoms with Crippen molar-refractivity contribution < 1.29 is 0 Å². The fourth-order valence-electron chi connectivity index (χ4n) is 2.75. The minimum Gasteiger partial charge on any atom is -0.299 e. The van der Waals surface area contributed by atoms with E-state index in [1.807, 2.05) is 0 Å². The number of nitrogens with zero attached hydrogens (tertiary/aromatic N) is 2. The molecule has 1 aliphatic heterocycles. The molecule has 0 aliphatic carbocycles. The Balaban J connectivity index is 1.86. The number of rotatable bonds is 3. The SMILES string of the molecule is CC(C)(C#N)C1CCN(Cc2ccccc2)CC1. The molecule has 0 amide bonds. The van der Waals surface area contributed by atoms with E-state index >= 15 is 0 Å². The normalized spacial score (nSPS) is 18.5. The van der Waals surface area contributed by atoms with Gasteiger partial charge in [0.05, 0.1) is 11.5 Å². The summed E-state index contributed by atoms with van der Waals surface area (Å²) in [4.78, 5) is 2.50. The predicted octanol–water partition coefficient (Wildman–Crippen LogP) is 3.45. The fourth-order valence-corrected chi connectivity index (χ4v) is 2.75. The van der Waals surface area contributed by atoms with Gasteiger partial charge in [0.15, 0.2) is 0 Å². The average molecular weight is 242 g/mol. The van der Waals surface area contributed by atoms with Gasteiger partial charge < -0.3 is 0 Å². The second-order valence-corrected chi connectivity index (χ2v) is 5.87. The van der Waals surface area contributed by atoms with Gasteiger partial charge in [-0.25, -0.2) is 0 Å². The van der Waals surface area contributed by atoms with Crippen LogP contribution in [0.5, 0.6) is 0 Å². The molecule has 1 aromatic rings. The molecule has 1 fully saturated rings. The first-order valence-corrected chi connectivity index (χ1v) is 6.79. The summed E-state index contributed by atoms with van der Waals surface area (Å²) in [6.07, 6.45) is 2.29. The van der Waals surface area contributed by atoms with E-state index in [0.717, 1.165) is 32.5 Å². The highest BCUT2D eigenvalue weighted by Gasteiger charge is 2.32. The zero-order valence-corrected chi connectivity index (χ0v) is 11.4. The summed E-state index contributed by atoms with van der Waals surface area (Å²) in [7, 11) is 0. The van der Waals surface area contributed by atoms with Gasteiger partial charge in [0.1, 0.15) is 0 Å². The summed E-state index contributed by atoms with van der Waals surface area (Å²) in [6, 6.07) is 13.1. The first-order chi connectivity index (χ1) is 8.62. The lowest BCUT2D eigenvalue weighted by atomic mass is 9.75. The smallest absolute Gasteiger partial charge is 0.0686 e. The van der Waals surface area contributed by atoms with E-state index in [9.17, 15) is 5.26 Å². The fraction of sp³-hybridized carbons (Fsp3) is 0.562. The molecule has 1 aromatic carbocycles. The van der Waals surface area contributed by atoms with Crippen molar-refractivity contribution in [3.63, 3.8) is 0 Å².